The molecule has 37 heavy (non-hydrogen) atoms. The normalized spacial score (nSPS) is 14.5. The van der Waals surface area contributed by atoms with Crippen LogP contribution in [0.25, 0.3) is 0 Å². The third-order valence-electron chi connectivity index (χ3n) is 6.77. The third-order valence-corrected chi connectivity index (χ3v) is 6.77. The maximum Gasteiger partial charge on any atom is 0.266 e. The number of halogens is 1. The Hall–Kier alpha value is -2.76. The van der Waals surface area contributed by atoms with Crippen LogP contribution in [-0.4, -0.2) is 52.0 Å². The summed E-state index contributed by atoms with van der Waals surface area (Å²) in [5.74, 6) is 6.15. The number of rotatable bonds is 13. The van der Waals surface area contributed by atoms with Gasteiger partial charge >= 0.3 is 0 Å². The highest BCUT2D eigenvalue weighted by Gasteiger charge is 2.49. The summed E-state index contributed by atoms with van der Waals surface area (Å²) in [4.78, 5) is 14.6. The zero-order valence-electron chi connectivity index (χ0n) is 22.8. The van der Waals surface area contributed by atoms with E-state index in [1.807, 2.05) is 24.3 Å². The van der Waals surface area contributed by atoms with Crippen molar-refractivity contribution in [2.24, 2.45) is 5.92 Å². The molecule has 1 amide bonds. The molecule has 0 aliphatic rings. The highest BCUT2D eigenvalue weighted by Crippen LogP contribution is 2.24. The van der Waals surface area contributed by atoms with Crippen LogP contribution < -0.4 is 10.8 Å². The lowest BCUT2D eigenvalue weighted by molar-refractivity contribution is -0.148. The lowest BCUT2D eigenvalue weighted by atomic mass is 9.82. The Balaban J connectivity index is 2.01. The Morgan fingerprint density at radius 1 is 1.00 bits per heavy atom. The molecule has 6 nitrogen and oxygen atoms in total. The van der Waals surface area contributed by atoms with E-state index in [-0.39, 0.29) is 6.54 Å². The average molecular weight is 512 g/mol. The zero-order valence-corrected chi connectivity index (χ0v) is 22.8. The van der Waals surface area contributed by atoms with Crippen LogP contribution in [0.2, 0.25) is 0 Å². The quantitative estimate of drug-likeness (QED) is 0.182. The summed E-state index contributed by atoms with van der Waals surface area (Å²) in [5, 5.41) is 22.3. The van der Waals surface area contributed by atoms with Gasteiger partial charge in [0.15, 0.2) is 0 Å². The standard InChI is InChI=1S/C30H42FN3O3/c1-6-18-34(19-17-23(2)3)21-27-15-11-25(12-16-27)8-7-24-9-13-26(14-10-24)20-32-30(5,28(35)33-37)29(4,36)22-31/h9-16,23,32,36-37H,6,17-22H2,1-5H3,(H,33,35). The smallest absolute Gasteiger partial charge is 0.266 e. The first-order chi connectivity index (χ1) is 17.5. The summed E-state index contributed by atoms with van der Waals surface area (Å²) in [6.07, 6.45) is 2.35. The molecule has 0 aliphatic heterocycles. The molecular formula is C30H42FN3O3. The van der Waals surface area contributed by atoms with Gasteiger partial charge in [0, 0.05) is 24.2 Å². The summed E-state index contributed by atoms with van der Waals surface area (Å²) in [6.45, 7) is 11.5. The van der Waals surface area contributed by atoms with E-state index in [4.69, 9.17) is 5.21 Å². The van der Waals surface area contributed by atoms with Crippen molar-refractivity contribution < 1.29 is 19.5 Å². The topological polar surface area (TPSA) is 84.8 Å². The molecule has 2 aromatic carbocycles. The molecular weight excluding hydrogens is 469 g/mol. The van der Waals surface area contributed by atoms with Crippen LogP contribution in [0, 0.1) is 17.8 Å². The molecule has 0 aliphatic carbocycles. The summed E-state index contributed by atoms with van der Waals surface area (Å²) in [6, 6.07) is 15.8. The molecule has 202 valence electrons. The highest BCUT2D eigenvalue weighted by atomic mass is 19.1. The molecule has 0 heterocycles. The van der Waals surface area contributed by atoms with Gasteiger partial charge in [0.1, 0.15) is 17.8 Å². The molecule has 4 N–H and O–H groups in total. The average Bonchev–Trinajstić information content (AvgIpc) is 2.90. The number of alkyl halides is 1. The maximum atomic E-state index is 13.4. The molecule has 2 atom stereocenters. The molecule has 0 saturated carbocycles. The Morgan fingerprint density at radius 3 is 2.00 bits per heavy atom. The molecule has 7 heteroatoms. The van der Waals surface area contributed by atoms with Crippen molar-refractivity contribution in [2.45, 2.75) is 71.7 Å². The van der Waals surface area contributed by atoms with E-state index in [0.29, 0.717) is 5.92 Å². The van der Waals surface area contributed by atoms with E-state index in [2.05, 4.69) is 67.1 Å². The molecule has 0 spiro atoms. The number of carbonyl (C=O) groups is 1. The predicted molar refractivity (Wildman–Crippen MR) is 146 cm³/mol. The fourth-order valence-corrected chi connectivity index (χ4v) is 3.87. The maximum absolute atomic E-state index is 13.4. The van der Waals surface area contributed by atoms with E-state index in [1.165, 1.54) is 31.3 Å². The van der Waals surface area contributed by atoms with E-state index in [0.717, 1.165) is 42.7 Å². The Bertz CT molecular complexity index is 1040. The minimum atomic E-state index is -2.01. The van der Waals surface area contributed by atoms with Crippen molar-refractivity contribution in [3.63, 3.8) is 0 Å². The summed E-state index contributed by atoms with van der Waals surface area (Å²) in [7, 11) is 0. The first-order valence-electron chi connectivity index (χ1n) is 12.9. The molecule has 0 radical (unpaired) electrons. The lowest BCUT2D eigenvalue weighted by Gasteiger charge is -2.39. The number of benzene rings is 2. The molecule has 2 rings (SSSR count). The molecule has 2 aromatic rings. The SMILES string of the molecule is CCCN(CCC(C)C)Cc1ccc(C#Cc2ccc(CNC(C)(C(=O)NO)C(C)(O)CF)cc2)cc1. The van der Waals surface area contributed by atoms with Gasteiger partial charge in [-0.25, -0.2) is 9.87 Å². The number of aliphatic hydroxyl groups is 1. The molecule has 0 bridgehead atoms. The number of hydrogen-bond acceptors (Lipinski definition) is 5. The first-order valence-corrected chi connectivity index (χ1v) is 12.9. The van der Waals surface area contributed by atoms with Crippen molar-refractivity contribution in [2.75, 3.05) is 19.8 Å². The van der Waals surface area contributed by atoms with Gasteiger partial charge in [0.05, 0.1) is 0 Å². The van der Waals surface area contributed by atoms with Crippen LogP contribution in [0.1, 0.15) is 69.7 Å². The van der Waals surface area contributed by atoms with Crippen molar-refractivity contribution in [1.29, 1.82) is 0 Å². The van der Waals surface area contributed by atoms with Gasteiger partial charge in [-0.2, -0.15) is 0 Å². The number of nitrogens with one attached hydrogen (secondary N) is 2. The van der Waals surface area contributed by atoms with Gasteiger partial charge in [-0.1, -0.05) is 56.9 Å². The second kappa shape index (κ2) is 14.3. The molecule has 2 unspecified atom stereocenters. The second-order valence-corrected chi connectivity index (χ2v) is 10.4. The second-order valence-electron chi connectivity index (χ2n) is 10.4. The molecule has 0 saturated heterocycles. The van der Waals surface area contributed by atoms with E-state index >= 15 is 0 Å². The van der Waals surface area contributed by atoms with Gasteiger partial charge in [-0.05, 0) is 81.1 Å². The van der Waals surface area contributed by atoms with Gasteiger partial charge in [-0.3, -0.25) is 20.2 Å². The monoisotopic (exact) mass is 511 g/mol. The number of carbonyl (C=O) groups excluding carboxylic acids is 1. The fourth-order valence-electron chi connectivity index (χ4n) is 3.87. The van der Waals surface area contributed by atoms with Crippen LogP contribution in [-0.2, 0) is 17.9 Å². The van der Waals surface area contributed by atoms with Crippen molar-refractivity contribution in [3.05, 3.63) is 70.8 Å². The molecule has 0 aromatic heterocycles. The van der Waals surface area contributed by atoms with Crippen LogP contribution in [0.3, 0.4) is 0 Å². The van der Waals surface area contributed by atoms with Crippen LogP contribution in [0.4, 0.5) is 4.39 Å². The minimum absolute atomic E-state index is 0.182. The molecule has 0 fully saturated rings. The Labute approximate surface area is 221 Å². The highest BCUT2D eigenvalue weighted by molar-refractivity contribution is 5.86. The van der Waals surface area contributed by atoms with Crippen LogP contribution in [0.15, 0.2) is 48.5 Å². The third kappa shape index (κ3) is 8.94. The Morgan fingerprint density at radius 2 is 1.54 bits per heavy atom. The van der Waals surface area contributed by atoms with Crippen LogP contribution >= 0.6 is 0 Å². The largest absolute Gasteiger partial charge is 0.385 e. The van der Waals surface area contributed by atoms with Gasteiger partial charge in [0.2, 0.25) is 0 Å². The van der Waals surface area contributed by atoms with E-state index in [1.54, 1.807) is 0 Å². The summed E-state index contributed by atoms with van der Waals surface area (Å²) < 4.78 is 13.4. The summed E-state index contributed by atoms with van der Waals surface area (Å²) in [5.41, 5.74) is 1.64. The number of hydroxylamine groups is 1. The van der Waals surface area contributed by atoms with E-state index < -0.39 is 23.7 Å². The Kier molecular flexibility index (Phi) is 11.7. The van der Waals surface area contributed by atoms with Crippen LogP contribution in [0.5, 0.6) is 0 Å². The van der Waals surface area contributed by atoms with Gasteiger partial charge in [-0.15, -0.1) is 0 Å². The van der Waals surface area contributed by atoms with E-state index in [9.17, 15) is 14.3 Å². The number of hydrogen-bond donors (Lipinski definition) is 4. The zero-order chi connectivity index (χ0) is 27.5. The fraction of sp³-hybridized carbons (Fsp3) is 0.500. The minimum Gasteiger partial charge on any atom is -0.385 e. The van der Waals surface area contributed by atoms with Gasteiger partial charge < -0.3 is 5.11 Å². The first kappa shape index (κ1) is 30.5. The predicted octanol–water partition coefficient (Wildman–Crippen LogP) is 4.42. The number of nitrogens with zero attached hydrogens (tertiary/aromatic N) is 1. The van der Waals surface area contributed by atoms with Crippen molar-refractivity contribution in [1.82, 2.24) is 15.7 Å². The van der Waals surface area contributed by atoms with Gasteiger partial charge in [0.25, 0.3) is 5.91 Å². The lowest BCUT2D eigenvalue weighted by Crippen LogP contribution is -2.68. The van der Waals surface area contributed by atoms with Crippen molar-refractivity contribution in [3.8, 4) is 11.8 Å². The number of amides is 1. The van der Waals surface area contributed by atoms with Crippen molar-refractivity contribution >= 4 is 5.91 Å². The summed E-state index contributed by atoms with van der Waals surface area (Å²) >= 11 is 0.